The van der Waals surface area contributed by atoms with E-state index in [2.05, 4.69) is 84.8 Å². The van der Waals surface area contributed by atoms with Crippen molar-refractivity contribution in [3.05, 3.63) is 35.4 Å². The van der Waals surface area contributed by atoms with E-state index in [4.69, 9.17) is 0 Å². The van der Waals surface area contributed by atoms with Gasteiger partial charge >= 0.3 is 0 Å². The molecule has 0 aliphatic rings. The van der Waals surface area contributed by atoms with Crippen LogP contribution in [0.15, 0.2) is 24.3 Å². The van der Waals surface area contributed by atoms with Crippen LogP contribution in [0.3, 0.4) is 0 Å². The highest BCUT2D eigenvalue weighted by Gasteiger charge is 2.33. The third kappa shape index (κ3) is 5.54. The highest BCUT2D eigenvalue weighted by atomic mass is 31.1. The SMILES string of the molecule is CN(C)Cc1cccc(CP(C(C)(C)C)C(C)(C)C)c1. The van der Waals surface area contributed by atoms with Crippen LogP contribution in [0.1, 0.15) is 52.7 Å². The Morgan fingerprint density at radius 3 is 1.85 bits per heavy atom. The van der Waals surface area contributed by atoms with Crippen LogP contribution in [-0.2, 0) is 12.7 Å². The first kappa shape index (κ1) is 17.7. The summed E-state index contributed by atoms with van der Waals surface area (Å²) in [4.78, 5) is 2.23. The number of rotatable bonds is 4. The van der Waals surface area contributed by atoms with E-state index in [9.17, 15) is 0 Å². The van der Waals surface area contributed by atoms with Gasteiger partial charge in [0.05, 0.1) is 0 Å². The molecule has 0 heterocycles. The Labute approximate surface area is 127 Å². The molecule has 0 aromatic heterocycles. The molecule has 0 N–H and O–H groups in total. The van der Waals surface area contributed by atoms with Crippen molar-refractivity contribution in [2.45, 2.75) is 64.6 Å². The summed E-state index contributed by atoms with van der Waals surface area (Å²) in [6, 6.07) is 9.14. The quantitative estimate of drug-likeness (QED) is 0.678. The molecule has 0 bridgehead atoms. The fraction of sp³-hybridized carbons (Fsp3) is 0.667. The predicted octanol–water partition coefficient (Wildman–Crippen LogP) is 5.33. The van der Waals surface area contributed by atoms with E-state index >= 15 is 0 Å². The molecule has 0 fully saturated rings. The second kappa shape index (κ2) is 6.58. The maximum atomic E-state index is 2.40. The largest absolute Gasteiger partial charge is 0.305 e. The average Bonchev–Trinajstić information content (AvgIpc) is 2.22. The summed E-state index contributed by atoms with van der Waals surface area (Å²) in [5.41, 5.74) is 2.92. The first-order valence-corrected chi connectivity index (χ1v) is 9.03. The Bertz CT molecular complexity index is 410. The molecule has 0 saturated heterocycles. The summed E-state index contributed by atoms with van der Waals surface area (Å²) in [7, 11) is 4.19. The van der Waals surface area contributed by atoms with Gasteiger partial charge in [0.2, 0.25) is 0 Å². The molecule has 1 aromatic rings. The molecular weight excluding hydrogens is 261 g/mol. The highest BCUT2D eigenvalue weighted by Crippen LogP contribution is 2.61. The third-order valence-corrected chi connectivity index (χ3v) is 7.37. The van der Waals surface area contributed by atoms with Crippen LogP contribution in [0.5, 0.6) is 0 Å². The Morgan fingerprint density at radius 1 is 0.900 bits per heavy atom. The molecule has 0 aliphatic carbocycles. The van der Waals surface area contributed by atoms with E-state index in [0.717, 1.165) is 6.54 Å². The normalized spacial score (nSPS) is 13.3. The van der Waals surface area contributed by atoms with Crippen LogP contribution in [-0.4, -0.2) is 29.3 Å². The number of benzene rings is 1. The van der Waals surface area contributed by atoms with E-state index < -0.39 is 0 Å². The van der Waals surface area contributed by atoms with Gasteiger partial charge in [-0.05, 0) is 41.7 Å². The van der Waals surface area contributed by atoms with Crippen LogP contribution in [0.2, 0.25) is 0 Å². The van der Waals surface area contributed by atoms with Gasteiger partial charge in [-0.3, -0.25) is 0 Å². The molecule has 0 atom stereocenters. The van der Waals surface area contributed by atoms with E-state index in [1.54, 1.807) is 0 Å². The molecule has 0 spiro atoms. The van der Waals surface area contributed by atoms with Gasteiger partial charge in [0, 0.05) is 6.54 Å². The minimum atomic E-state index is -0.0654. The number of hydrogen-bond donors (Lipinski definition) is 0. The zero-order valence-corrected chi connectivity index (χ0v) is 15.5. The monoisotopic (exact) mass is 293 g/mol. The minimum Gasteiger partial charge on any atom is -0.305 e. The molecule has 1 aromatic carbocycles. The summed E-state index contributed by atoms with van der Waals surface area (Å²) in [5.74, 6) is 0. The van der Waals surface area contributed by atoms with Crippen molar-refractivity contribution in [3.63, 3.8) is 0 Å². The first-order chi connectivity index (χ1) is 9.00. The van der Waals surface area contributed by atoms with Gasteiger partial charge in [-0.25, -0.2) is 0 Å². The van der Waals surface area contributed by atoms with Gasteiger partial charge in [0.1, 0.15) is 0 Å². The maximum Gasteiger partial charge on any atom is 0.0227 e. The summed E-state index contributed by atoms with van der Waals surface area (Å²) < 4.78 is 0. The van der Waals surface area contributed by atoms with Crippen LogP contribution in [0.25, 0.3) is 0 Å². The highest BCUT2D eigenvalue weighted by molar-refractivity contribution is 7.60. The molecule has 0 aliphatic heterocycles. The van der Waals surface area contributed by atoms with Crippen LogP contribution in [0.4, 0.5) is 0 Å². The molecule has 1 rings (SSSR count). The second-order valence-electron chi connectivity index (χ2n) is 7.99. The van der Waals surface area contributed by atoms with Gasteiger partial charge in [0.15, 0.2) is 0 Å². The fourth-order valence-corrected chi connectivity index (χ4v) is 6.38. The molecular formula is C18H32NP. The zero-order chi connectivity index (χ0) is 15.6. The molecule has 0 saturated carbocycles. The molecule has 114 valence electrons. The second-order valence-corrected chi connectivity index (χ2v) is 11.8. The van der Waals surface area contributed by atoms with Crippen molar-refractivity contribution in [2.75, 3.05) is 14.1 Å². The molecule has 1 nitrogen and oxygen atoms in total. The van der Waals surface area contributed by atoms with E-state index in [1.807, 2.05) is 0 Å². The van der Waals surface area contributed by atoms with Gasteiger partial charge < -0.3 is 4.90 Å². The molecule has 0 radical (unpaired) electrons. The lowest BCUT2D eigenvalue weighted by atomic mass is 10.1. The van der Waals surface area contributed by atoms with Gasteiger partial charge in [-0.2, -0.15) is 0 Å². The molecule has 0 amide bonds. The van der Waals surface area contributed by atoms with Crippen LogP contribution < -0.4 is 0 Å². The van der Waals surface area contributed by atoms with Crippen molar-refractivity contribution in [1.29, 1.82) is 0 Å². The molecule has 2 heteroatoms. The summed E-state index contributed by atoms with van der Waals surface area (Å²) in [5, 5.41) is 0.788. The lowest BCUT2D eigenvalue weighted by Crippen LogP contribution is -2.25. The lowest BCUT2D eigenvalue weighted by molar-refractivity contribution is 0.402. The summed E-state index contributed by atoms with van der Waals surface area (Å²) >= 11 is 0. The molecule has 20 heavy (non-hydrogen) atoms. The first-order valence-electron chi connectivity index (χ1n) is 7.50. The van der Waals surface area contributed by atoms with Crippen molar-refractivity contribution in [3.8, 4) is 0 Å². The zero-order valence-electron chi connectivity index (χ0n) is 14.6. The van der Waals surface area contributed by atoms with Crippen molar-refractivity contribution in [1.82, 2.24) is 4.90 Å². The lowest BCUT2D eigenvalue weighted by Gasteiger charge is -2.41. The Hall–Kier alpha value is -0.390. The van der Waals surface area contributed by atoms with Crippen molar-refractivity contribution < 1.29 is 0 Å². The fourth-order valence-electron chi connectivity index (χ4n) is 2.85. The van der Waals surface area contributed by atoms with E-state index in [-0.39, 0.29) is 7.92 Å². The Kier molecular flexibility index (Phi) is 5.81. The predicted molar refractivity (Wildman–Crippen MR) is 94.0 cm³/mol. The minimum absolute atomic E-state index is 0.0654. The van der Waals surface area contributed by atoms with Gasteiger partial charge in [-0.15, -0.1) is 0 Å². The van der Waals surface area contributed by atoms with Crippen LogP contribution in [0, 0.1) is 0 Å². The average molecular weight is 293 g/mol. The Balaban J connectivity index is 2.95. The summed E-state index contributed by atoms with van der Waals surface area (Å²) in [6.45, 7) is 15.4. The van der Waals surface area contributed by atoms with Crippen molar-refractivity contribution in [2.24, 2.45) is 0 Å². The topological polar surface area (TPSA) is 3.24 Å². The number of nitrogens with zero attached hydrogens (tertiary/aromatic N) is 1. The number of hydrogen-bond acceptors (Lipinski definition) is 1. The van der Waals surface area contributed by atoms with Crippen LogP contribution >= 0.6 is 7.92 Å². The van der Waals surface area contributed by atoms with Gasteiger partial charge in [0.25, 0.3) is 0 Å². The van der Waals surface area contributed by atoms with E-state index in [1.165, 1.54) is 17.3 Å². The van der Waals surface area contributed by atoms with Gasteiger partial charge in [-0.1, -0.05) is 73.7 Å². The molecule has 0 unspecified atom stereocenters. The standard InChI is InChI=1S/C18H32NP/c1-17(2,3)20(18(4,5)6)14-16-11-9-10-15(12-16)13-19(7)8/h9-12H,13-14H2,1-8H3. The maximum absolute atomic E-state index is 2.40. The van der Waals surface area contributed by atoms with Crippen molar-refractivity contribution >= 4 is 7.92 Å². The summed E-state index contributed by atoms with van der Waals surface area (Å²) in [6.07, 6.45) is 1.23. The Morgan fingerprint density at radius 2 is 1.40 bits per heavy atom. The smallest absolute Gasteiger partial charge is 0.0227 e. The third-order valence-electron chi connectivity index (χ3n) is 3.45. The van der Waals surface area contributed by atoms with E-state index in [0.29, 0.717) is 10.3 Å².